The molecule has 0 radical (unpaired) electrons. The Labute approximate surface area is 173 Å². The average molecular weight is 423 g/mol. The van der Waals surface area contributed by atoms with Crippen LogP contribution in [0.5, 0.6) is 5.75 Å². The van der Waals surface area contributed by atoms with Crippen LogP contribution in [0.3, 0.4) is 0 Å². The van der Waals surface area contributed by atoms with Gasteiger partial charge in [0, 0.05) is 13.0 Å². The first-order valence-corrected chi connectivity index (χ1v) is 9.35. The second-order valence-electron chi connectivity index (χ2n) is 7.69. The van der Waals surface area contributed by atoms with Crippen molar-refractivity contribution in [3.63, 3.8) is 0 Å². The van der Waals surface area contributed by atoms with E-state index in [2.05, 4.69) is 5.32 Å². The summed E-state index contributed by atoms with van der Waals surface area (Å²) < 4.78 is 48.3. The molecule has 0 aliphatic rings. The van der Waals surface area contributed by atoms with Gasteiger partial charge in [0.1, 0.15) is 11.4 Å². The number of benzene rings is 2. The topological polar surface area (TPSA) is 64.6 Å². The van der Waals surface area contributed by atoms with Crippen molar-refractivity contribution in [1.29, 1.82) is 0 Å². The number of hydrogen-bond acceptors (Lipinski definition) is 4. The van der Waals surface area contributed by atoms with Crippen LogP contribution in [0.1, 0.15) is 43.9 Å². The van der Waals surface area contributed by atoms with Crippen LogP contribution < -0.4 is 10.1 Å². The smallest absolute Gasteiger partial charge is 0.428 e. The van der Waals surface area contributed by atoms with Gasteiger partial charge in [-0.15, -0.1) is 0 Å². The number of carbonyl (C=O) groups is 2. The fourth-order valence-corrected chi connectivity index (χ4v) is 2.50. The molecule has 2 aromatic carbocycles. The lowest BCUT2D eigenvalue weighted by Gasteiger charge is -2.18. The van der Waals surface area contributed by atoms with Crippen molar-refractivity contribution in [2.75, 3.05) is 0 Å². The van der Waals surface area contributed by atoms with E-state index in [0.717, 1.165) is 17.7 Å². The van der Waals surface area contributed by atoms with Gasteiger partial charge in [0.05, 0.1) is 5.56 Å². The van der Waals surface area contributed by atoms with Gasteiger partial charge in [-0.3, -0.25) is 4.79 Å². The van der Waals surface area contributed by atoms with Gasteiger partial charge in [0.2, 0.25) is 5.91 Å². The molecule has 8 heteroatoms. The fraction of sp³-hybridized carbons (Fsp3) is 0.364. The Hall–Kier alpha value is -3.03. The van der Waals surface area contributed by atoms with Crippen molar-refractivity contribution in [2.24, 2.45) is 0 Å². The van der Waals surface area contributed by atoms with Gasteiger partial charge in [0.25, 0.3) is 0 Å². The first-order chi connectivity index (χ1) is 13.9. The quantitative estimate of drug-likeness (QED) is 0.508. The highest BCUT2D eigenvalue weighted by Gasteiger charge is 2.30. The van der Waals surface area contributed by atoms with E-state index < -0.39 is 23.5 Å². The number of aryl methyl sites for hydroxylation is 1. The van der Waals surface area contributed by atoms with Crippen LogP contribution in [-0.2, 0) is 28.7 Å². The fourth-order valence-electron chi connectivity index (χ4n) is 2.50. The van der Waals surface area contributed by atoms with Gasteiger partial charge in [-0.25, -0.2) is 4.79 Å². The van der Waals surface area contributed by atoms with Gasteiger partial charge in [-0.05, 0) is 62.6 Å². The standard InChI is InChI=1S/C22H24F3NO4/c1-21(2,3)30-20(28)29-18-10-7-15(8-11-18)9-12-19(27)26-14-16-5-4-6-17(13-16)22(23,24)25/h4-8,10-11,13H,9,12,14H2,1-3H3,(H,26,27). The molecule has 5 nitrogen and oxygen atoms in total. The number of carbonyl (C=O) groups excluding carboxylic acids is 2. The summed E-state index contributed by atoms with van der Waals surface area (Å²) in [6.07, 6.45) is -4.62. The SMILES string of the molecule is CC(C)(C)OC(=O)Oc1ccc(CCC(=O)NCc2cccc(C(F)(F)F)c2)cc1. The van der Waals surface area contributed by atoms with Crippen LogP contribution in [0.15, 0.2) is 48.5 Å². The van der Waals surface area contributed by atoms with Crippen LogP contribution in [0.4, 0.5) is 18.0 Å². The normalized spacial score (nSPS) is 11.7. The highest BCUT2D eigenvalue weighted by molar-refractivity contribution is 5.76. The van der Waals surface area contributed by atoms with E-state index in [1.165, 1.54) is 12.1 Å². The third-order valence-electron chi connectivity index (χ3n) is 3.90. The molecule has 0 saturated carbocycles. The van der Waals surface area contributed by atoms with Crippen LogP contribution >= 0.6 is 0 Å². The summed E-state index contributed by atoms with van der Waals surface area (Å²) in [5.41, 5.74) is -0.177. The largest absolute Gasteiger partial charge is 0.514 e. The van der Waals surface area contributed by atoms with Crippen LogP contribution in [0, 0.1) is 0 Å². The second-order valence-corrected chi connectivity index (χ2v) is 7.69. The maximum Gasteiger partial charge on any atom is 0.514 e. The van der Waals surface area contributed by atoms with Crippen molar-refractivity contribution in [3.05, 3.63) is 65.2 Å². The van der Waals surface area contributed by atoms with Gasteiger partial charge in [0.15, 0.2) is 0 Å². The van der Waals surface area contributed by atoms with Crippen LogP contribution in [0.25, 0.3) is 0 Å². The molecule has 2 aromatic rings. The van der Waals surface area contributed by atoms with Crippen molar-refractivity contribution in [1.82, 2.24) is 5.32 Å². The Balaban J connectivity index is 1.79. The molecule has 2 rings (SSSR count). The summed E-state index contributed by atoms with van der Waals surface area (Å²) in [7, 11) is 0. The molecule has 0 aromatic heterocycles. The Morgan fingerprint density at radius 1 is 0.967 bits per heavy atom. The maximum absolute atomic E-state index is 12.7. The first-order valence-electron chi connectivity index (χ1n) is 9.35. The molecule has 30 heavy (non-hydrogen) atoms. The van der Waals surface area contributed by atoms with Gasteiger partial charge >= 0.3 is 12.3 Å². The van der Waals surface area contributed by atoms with Crippen molar-refractivity contribution in [3.8, 4) is 5.75 Å². The molecule has 0 aliphatic carbocycles. The van der Waals surface area contributed by atoms with E-state index >= 15 is 0 Å². The third-order valence-corrected chi connectivity index (χ3v) is 3.90. The summed E-state index contributed by atoms with van der Waals surface area (Å²) in [6, 6.07) is 11.5. The number of alkyl halides is 3. The Morgan fingerprint density at radius 2 is 1.63 bits per heavy atom. The molecule has 0 spiro atoms. The van der Waals surface area contributed by atoms with Gasteiger partial charge in [-0.1, -0.05) is 24.3 Å². The zero-order valence-electron chi connectivity index (χ0n) is 17.0. The van der Waals surface area contributed by atoms with E-state index in [4.69, 9.17) is 9.47 Å². The number of nitrogens with one attached hydrogen (secondary N) is 1. The summed E-state index contributed by atoms with van der Waals surface area (Å²) >= 11 is 0. The highest BCUT2D eigenvalue weighted by Crippen LogP contribution is 2.29. The lowest BCUT2D eigenvalue weighted by molar-refractivity contribution is -0.137. The lowest BCUT2D eigenvalue weighted by Crippen LogP contribution is -2.25. The number of amides is 1. The Kier molecular flexibility index (Phi) is 7.48. The molecule has 162 valence electrons. The maximum atomic E-state index is 12.7. The molecule has 1 N–H and O–H groups in total. The third kappa shape index (κ3) is 8.14. The van der Waals surface area contributed by atoms with Crippen LogP contribution in [0.2, 0.25) is 0 Å². The average Bonchev–Trinajstić information content (AvgIpc) is 2.64. The minimum atomic E-state index is -4.42. The lowest BCUT2D eigenvalue weighted by atomic mass is 10.1. The molecule has 0 aliphatic heterocycles. The summed E-state index contributed by atoms with van der Waals surface area (Å²) in [4.78, 5) is 23.6. The Bertz CT molecular complexity index is 871. The monoisotopic (exact) mass is 423 g/mol. The van der Waals surface area contributed by atoms with E-state index in [0.29, 0.717) is 17.7 Å². The summed E-state index contributed by atoms with van der Waals surface area (Å²) in [5, 5.41) is 2.61. The van der Waals surface area contributed by atoms with Crippen molar-refractivity contribution >= 4 is 12.1 Å². The summed E-state index contributed by atoms with van der Waals surface area (Å²) in [5.74, 6) is 0.0449. The minimum absolute atomic E-state index is 0.0193. The van der Waals surface area contributed by atoms with E-state index in [9.17, 15) is 22.8 Å². The second kappa shape index (κ2) is 9.65. The molecule has 0 fully saturated rings. The number of hydrogen-bond donors (Lipinski definition) is 1. The van der Waals surface area contributed by atoms with E-state index in [-0.39, 0.29) is 18.9 Å². The number of rotatable bonds is 6. The summed E-state index contributed by atoms with van der Waals surface area (Å²) in [6.45, 7) is 5.21. The number of halogens is 3. The van der Waals surface area contributed by atoms with E-state index in [1.807, 2.05) is 0 Å². The van der Waals surface area contributed by atoms with Gasteiger partial charge in [-0.2, -0.15) is 13.2 Å². The molecular weight excluding hydrogens is 399 g/mol. The Morgan fingerprint density at radius 3 is 2.23 bits per heavy atom. The van der Waals surface area contributed by atoms with Crippen molar-refractivity contribution in [2.45, 2.75) is 51.9 Å². The van der Waals surface area contributed by atoms with Crippen LogP contribution in [-0.4, -0.2) is 17.7 Å². The van der Waals surface area contributed by atoms with Gasteiger partial charge < -0.3 is 14.8 Å². The predicted octanol–water partition coefficient (Wildman–Crippen LogP) is 5.27. The van der Waals surface area contributed by atoms with E-state index in [1.54, 1.807) is 45.0 Å². The molecular formula is C22H24F3NO4. The first kappa shape index (κ1) is 23.3. The molecule has 0 saturated heterocycles. The zero-order valence-corrected chi connectivity index (χ0v) is 17.0. The van der Waals surface area contributed by atoms with Crippen molar-refractivity contribution < 1.29 is 32.2 Å². The zero-order chi connectivity index (χ0) is 22.4. The molecule has 0 heterocycles. The molecule has 0 atom stereocenters. The molecule has 0 bridgehead atoms. The molecule has 1 amide bonds. The predicted molar refractivity (Wildman–Crippen MR) is 105 cm³/mol. The minimum Gasteiger partial charge on any atom is -0.428 e. The highest BCUT2D eigenvalue weighted by atomic mass is 19.4. The number of ether oxygens (including phenoxy) is 2. The molecule has 0 unspecified atom stereocenters.